The van der Waals surface area contributed by atoms with E-state index in [1.165, 1.54) is 41.7 Å². The van der Waals surface area contributed by atoms with Gasteiger partial charge in [-0.2, -0.15) is 0 Å². The van der Waals surface area contributed by atoms with E-state index in [1.807, 2.05) is 29.5 Å². The highest BCUT2D eigenvalue weighted by molar-refractivity contribution is 7.26. The Morgan fingerprint density at radius 1 is 0.532 bits per heavy atom. The van der Waals surface area contributed by atoms with Gasteiger partial charge >= 0.3 is 0 Å². The van der Waals surface area contributed by atoms with Gasteiger partial charge in [0, 0.05) is 58.1 Å². The highest BCUT2D eigenvalue weighted by Crippen LogP contribution is 2.44. The van der Waals surface area contributed by atoms with Crippen LogP contribution in [0.2, 0.25) is 0 Å². The number of aromatic nitrogens is 3. The Hall–Kier alpha value is -6.04. The number of rotatable bonds is 2. The average molecular weight is 618 g/mol. The van der Waals surface area contributed by atoms with Gasteiger partial charge in [-0.15, -0.1) is 11.3 Å². The molecule has 0 spiro atoms. The second-order valence-corrected chi connectivity index (χ2v) is 13.2. The molecular weight excluding hydrogens is 595 g/mol. The minimum atomic E-state index is 0.642. The molecule has 4 aromatic heterocycles. The second kappa shape index (κ2) is 9.25. The molecule has 0 unspecified atom stereocenters. The van der Waals surface area contributed by atoms with Crippen molar-refractivity contribution in [2.45, 2.75) is 0 Å². The topological polar surface area (TPSA) is 43.9 Å². The number of thiophene rings is 1. The van der Waals surface area contributed by atoms with E-state index in [4.69, 9.17) is 14.4 Å². The first-order valence-electron chi connectivity index (χ1n) is 15.8. The number of benzene rings is 7. The van der Waals surface area contributed by atoms with Gasteiger partial charge in [0.05, 0.1) is 22.2 Å². The van der Waals surface area contributed by atoms with Crippen molar-refractivity contribution in [1.82, 2.24) is 14.5 Å². The van der Waals surface area contributed by atoms with E-state index in [2.05, 4.69) is 126 Å². The van der Waals surface area contributed by atoms with Crippen molar-refractivity contribution in [3.63, 3.8) is 0 Å². The van der Waals surface area contributed by atoms with Gasteiger partial charge < -0.3 is 4.42 Å². The van der Waals surface area contributed by atoms with Gasteiger partial charge in [-0.25, -0.2) is 9.97 Å². The van der Waals surface area contributed by atoms with Gasteiger partial charge in [0.1, 0.15) is 11.2 Å². The Morgan fingerprint density at radius 3 is 2.17 bits per heavy atom. The Bertz CT molecular complexity index is 3090. The van der Waals surface area contributed by atoms with Gasteiger partial charge in [0.15, 0.2) is 0 Å². The van der Waals surface area contributed by atoms with Gasteiger partial charge in [-0.1, -0.05) is 109 Å². The van der Waals surface area contributed by atoms with Gasteiger partial charge in [0.25, 0.3) is 0 Å². The maximum Gasteiger partial charge on any atom is 0.235 e. The minimum Gasteiger partial charge on any atom is -0.455 e. The fraction of sp³-hybridized carbons (Fsp3) is 0. The first kappa shape index (κ1) is 25.2. The molecule has 7 aromatic carbocycles. The van der Waals surface area contributed by atoms with Crippen molar-refractivity contribution in [3.05, 3.63) is 140 Å². The van der Waals surface area contributed by atoms with E-state index >= 15 is 0 Å². The molecule has 47 heavy (non-hydrogen) atoms. The first-order chi connectivity index (χ1) is 23.3. The van der Waals surface area contributed by atoms with Crippen LogP contribution in [0.5, 0.6) is 0 Å². The third kappa shape index (κ3) is 3.41. The van der Waals surface area contributed by atoms with E-state index in [-0.39, 0.29) is 0 Å². The van der Waals surface area contributed by atoms with E-state index in [1.54, 1.807) is 0 Å². The van der Waals surface area contributed by atoms with Crippen molar-refractivity contribution >= 4 is 96.9 Å². The Morgan fingerprint density at radius 2 is 1.26 bits per heavy atom. The maximum atomic E-state index is 6.53. The van der Waals surface area contributed by atoms with E-state index in [9.17, 15) is 0 Å². The fourth-order valence-electron chi connectivity index (χ4n) is 7.55. The molecule has 5 heteroatoms. The summed E-state index contributed by atoms with van der Waals surface area (Å²) in [5.74, 6) is 0.642. The molecule has 0 saturated carbocycles. The Kier molecular flexibility index (Phi) is 4.96. The summed E-state index contributed by atoms with van der Waals surface area (Å²) >= 11 is 1.86. The van der Waals surface area contributed by atoms with Crippen molar-refractivity contribution in [1.29, 1.82) is 0 Å². The summed E-state index contributed by atoms with van der Waals surface area (Å²) in [6, 6.07) is 49.2. The standard InChI is InChI=1S/C42H23N3OS/c1-5-16-33-31(13-1)38(32-15-9-14-29-26-11-3-7-18-35(26)46-40(29)32)44-42(43-33)45-34-17-6-2-10-25(34)28-22-20-24-21-23-30-27-12-4-8-19-36(27)47-41(30)37(24)39(28)45/h1-23H. The van der Waals surface area contributed by atoms with Gasteiger partial charge in [-0.3, -0.25) is 4.57 Å². The van der Waals surface area contributed by atoms with Crippen LogP contribution in [0.15, 0.2) is 144 Å². The molecule has 0 aliphatic carbocycles. The van der Waals surface area contributed by atoms with E-state index in [0.29, 0.717) is 5.95 Å². The lowest BCUT2D eigenvalue weighted by Crippen LogP contribution is -2.04. The first-order valence-corrected chi connectivity index (χ1v) is 16.6. The molecule has 0 aliphatic rings. The number of furan rings is 1. The van der Waals surface area contributed by atoms with Crippen LogP contribution in [0.3, 0.4) is 0 Å². The zero-order valence-electron chi connectivity index (χ0n) is 24.9. The molecule has 0 radical (unpaired) electrons. The fourth-order valence-corrected chi connectivity index (χ4v) is 8.81. The highest BCUT2D eigenvalue weighted by atomic mass is 32.1. The van der Waals surface area contributed by atoms with Gasteiger partial charge in [-0.05, 0) is 35.7 Å². The summed E-state index contributed by atoms with van der Waals surface area (Å²) < 4.78 is 11.4. The zero-order chi connectivity index (χ0) is 30.6. The highest BCUT2D eigenvalue weighted by Gasteiger charge is 2.22. The smallest absolute Gasteiger partial charge is 0.235 e. The molecule has 11 rings (SSSR count). The number of hydrogen-bond acceptors (Lipinski definition) is 4. The third-order valence-electron chi connectivity index (χ3n) is 9.61. The molecule has 0 atom stereocenters. The lowest BCUT2D eigenvalue weighted by atomic mass is 10.0. The summed E-state index contributed by atoms with van der Waals surface area (Å²) in [7, 11) is 0. The molecule has 4 nitrogen and oxygen atoms in total. The monoisotopic (exact) mass is 617 g/mol. The molecule has 218 valence electrons. The average Bonchev–Trinajstić information content (AvgIpc) is 3.81. The van der Waals surface area contributed by atoms with Crippen LogP contribution in [0.4, 0.5) is 0 Å². The predicted octanol–water partition coefficient (Wildman–Crippen LogP) is 11.8. The van der Waals surface area contributed by atoms with Crippen LogP contribution in [0, 0.1) is 0 Å². The van der Waals surface area contributed by atoms with Crippen LogP contribution >= 0.6 is 11.3 Å². The number of fused-ring (bicyclic) bond motifs is 13. The molecule has 0 amide bonds. The zero-order valence-corrected chi connectivity index (χ0v) is 25.8. The number of nitrogens with zero attached hydrogens (tertiary/aromatic N) is 3. The molecule has 0 aliphatic heterocycles. The molecular formula is C42H23N3OS. The summed E-state index contributed by atoms with van der Waals surface area (Å²) in [5.41, 5.74) is 6.61. The lowest BCUT2D eigenvalue weighted by Gasteiger charge is -2.13. The summed E-state index contributed by atoms with van der Waals surface area (Å²) in [6.07, 6.45) is 0. The van der Waals surface area contributed by atoms with Gasteiger partial charge in [0.2, 0.25) is 5.95 Å². The Balaban J connectivity index is 1.31. The molecule has 4 heterocycles. The number of para-hydroxylation sites is 4. The molecule has 0 fully saturated rings. The van der Waals surface area contributed by atoms with Crippen LogP contribution < -0.4 is 0 Å². The molecule has 0 saturated heterocycles. The lowest BCUT2D eigenvalue weighted by molar-refractivity contribution is 0.670. The predicted molar refractivity (Wildman–Crippen MR) is 197 cm³/mol. The maximum absolute atomic E-state index is 6.53. The van der Waals surface area contributed by atoms with Crippen LogP contribution in [-0.2, 0) is 0 Å². The molecule has 0 bridgehead atoms. The molecule has 0 N–H and O–H groups in total. The number of hydrogen-bond donors (Lipinski definition) is 0. The minimum absolute atomic E-state index is 0.642. The van der Waals surface area contributed by atoms with E-state index in [0.717, 1.165) is 55.1 Å². The summed E-state index contributed by atoms with van der Waals surface area (Å²) in [5, 5.41) is 10.5. The van der Waals surface area contributed by atoms with Crippen molar-refractivity contribution in [2.75, 3.05) is 0 Å². The largest absolute Gasteiger partial charge is 0.455 e. The van der Waals surface area contributed by atoms with Crippen LogP contribution in [0.1, 0.15) is 0 Å². The van der Waals surface area contributed by atoms with Crippen molar-refractivity contribution in [3.8, 4) is 17.2 Å². The Labute approximate surface area is 271 Å². The van der Waals surface area contributed by atoms with E-state index < -0.39 is 0 Å². The quantitative estimate of drug-likeness (QED) is 0.194. The normalized spacial score (nSPS) is 12.3. The van der Waals surface area contributed by atoms with Crippen molar-refractivity contribution < 1.29 is 4.42 Å². The van der Waals surface area contributed by atoms with Crippen LogP contribution in [-0.4, -0.2) is 14.5 Å². The summed E-state index contributed by atoms with van der Waals surface area (Å²) in [6.45, 7) is 0. The summed E-state index contributed by atoms with van der Waals surface area (Å²) in [4.78, 5) is 10.7. The third-order valence-corrected chi connectivity index (χ3v) is 10.8. The van der Waals surface area contributed by atoms with Crippen molar-refractivity contribution in [2.24, 2.45) is 0 Å². The SMILES string of the molecule is c1ccc2c(-c3cccc4c3oc3ccccc34)nc(-n3c4ccccc4c4ccc5ccc6c7ccccc7sc6c5c43)nc2c1. The second-order valence-electron chi connectivity index (χ2n) is 12.1. The van der Waals surface area contributed by atoms with Crippen LogP contribution in [0.25, 0.3) is 103 Å². The molecule has 11 aromatic rings.